The van der Waals surface area contributed by atoms with Crippen molar-refractivity contribution < 1.29 is 0 Å². The van der Waals surface area contributed by atoms with Crippen LogP contribution in [0.5, 0.6) is 0 Å². The van der Waals surface area contributed by atoms with E-state index in [2.05, 4.69) is 34.6 Å². The summed E-state index contributed by atoms with van der Waals surface area (Å²) >= 11 is 0. The Bertz CT molecular complexity index is 243. The van der Waals surface area contributed by atoms with Crippen molar-refractivity contribution in [2.24, 2.45) is 17.8 Å². The molecule has 0 aromatic carbocycles. The van der Waals surface area contributed by atoms with Crippen molar-refractivity contribution in [2.45, 2.75) is 150 Å². The zero-order valence-corrected chi connectivity index (χ0v) is 19.5. The maximum Gasteiger partial charge on any atom is -0.0409 e. The molecular formula is C26H54. The third kappa shape index (κ3) is 20.3. The summed E-state index contributed by atoms with van der Waals surface area (Å²) in [5.74, 6) is 2.72. The minimum Gasteiger partial charge on any atom is -0.0654 e. The first kappa shape index (κ1) is 26.0. The van der Waals surface area contributed by atoms with Crippen LogP contribution in [-0.4, -0.2) is 0 Å². The highest BCUT2D eigenvalue weighted by molar-refractivity contribution is 4.64. The molecule has 0 saturated heterocycles. The van der Waals surface area contributed by atoms with Gasteiger partial charge in [0.2, 0.25) is 0 Å². The zero-order valence-electron chi connectivity index (χ0n) is 19.5. The van der Waals surface area contributed by atoms with E-state index in [4.69, 9.17) is 0 Å². The van der Waals surface area contributed by atoms with Gasteiger partial charge in [0, 0.05) is 0 Å². The SMILES string of the molecule is CCCCCCCCCCCCCCCCCC(CC(C)C)CC(C)C. The van der Waals surface area contributed by atoms with E-state index in [0.717, 1.165) is 17.8 Å². The fourth-order valence-electron chi connectivity index (χ4n) is 4.47. The Morgan fingerprint density at radius 2 is 0.731 bits per heavy atom. The van der Waals surface area contributed by atoms with Gasteiger partial charge in [0.15, 0.2) is 0 Å². The molecule has 0 heteroatoms. The summed E-state index contributed by atoms with van der Waals surface area (Å²) in [5.41, 5.74) is 0. The maximum absolute atomic E-state index is 2.39. The third-order valence-corrected chi connectivity index (χ3v) is 5.83. The zero-order chi connectivity index (χ0) is 19.5. The minimum absolute atomic E-state index is 0.870. The fourth-order valence-corrected chi connectivity index (χ4v) is 4.47. The second-order valence-electron chi connectivity index (χ2n) is 9.86. The maximum atomic E-state index is 2.39. The second kappa shape index (κ2) is 19.8. The van der Waals surface area contributed by atoms with Crippen LogP contribution < -0.4 is 0 Å². The first-order valence-corrected chi connectivity index (χ1v) is 12.6. The van der Waals surface area contributed by atoms with Gasteiger partial charge in [-0.3, -0.25) is 0 Å². The van der Waals surface area contributed by atoms with Gasteiger partial charge < -0.3 is 0 Å². The Balaban J connectivity index is 3.31. The van der Waals surface area contributed by atoms with Gasteiger partial charge in [0.05, 0.1) is 0 Å². The normalized spacial score (nSPS) is 12.0. The van der Waals surface area contributed by atoms with E-state index in [0.29, 0.717) is 0 Å². The van der Waals surface area contributed by atoms with E-state index < -0.39 is 0 Å². The summed E-state index contributed by atoms with van der Waals surface area (Å²) in [6, 6.07) is 0. The Labute approximate surface area is 168 Å². The molecule has 0 aliphatic rings. The van der Waals surface area contributed by atoms with E-state index in [1.54, 1.807) is 0 Å². The molecule has 0 bridgehead atoms. The highest BCUT2D eigenvalue weighted by atomic mass is 14.2. The first-order valence-electron chi connectivity index (χ1n) is 12.6. The molecule has 0 aliphatic carbocycles. The van der Waals surface area contributed by atoms with Crippen LogP contribution >= 0.6 is 0 Å². The lowest BCUT2D eigenvalue weighted by molar-refractivity contribution is 0.315. The van der Waals surface area contributed by atoms with Gasteiger partial charge in [-0.1, -0.05) is 137 Å². The third-order valence-electron chi connectivity index (χ3n) is 5.83. The number of rotatable bonds is 20. The molecule has 0 spiro atoms. The smallest absolute Gasteiger partial charge is 0.0409 e. The molecule has 0 heterocycles. The monoisotopic (exact) mass is 366 g/mol. The summed E-state index contributed by atoms with van der Waals surface area (Å²) in [5, 5.41) is 0. The summed E-state index contributed by atoms with van der Waals surface area (Å²) in [6.45, 7) is 11.9. The minimum atomic E-state index is 0.870. The molecule has 0 nitrogen and oxygen atoms in total. The lowest BCUT2D eigenvalue weighted by Crippen LogP contribution is -2.08. The Hall–Kier alpha value is 0. The van der Waals surface area contributed by atoms with Crippen molar-refractivity contribution in [1.29, 1.82) is 0 Å². The van der Waals surface area contributed by atoms with Crippen molar-refractivity contribution >= 4 is 0 Å². The van der Waals surface area contributed by atoms with Crippen molar-refractivity contribution in [3.05, 3.63) is 0 Å². The Morgan fingerprint density at radius 3 is 1.04 bits per heavy atom. The van der Waals surface area contributed by atoms with Crippen LogP contribution in [0, 0.1) is 17.8 Å². The molecule has 158 valence electrons. The summed E-state index contributed by atoms with van der Waals surface area (Å²) in [6.07, 6.45) is 26.4. The van der Waals surface area contributed by atoms with Crippen LogP contribution in [-0.2, 0) is 0 Å². The number of hydrogen-bond acceptors (Lipinski definition) is 0. The van der Waals surface area contributed by atoms with E-state index in [-0.39, 0.29) is 0 Å². The van der Waals surface area contributed by atoms with E-state index in [1.165, 1.54) is 116 Å². The van der Waals surface area contributed by atoms with Crippen LogP contribution in [0.1, 0.15) is 150 Å². The first-order chi connectivity index (χ1) is 12.6. The van der Waals surface area contributed by atoms with Gasteiger partial charge in [0.1, 0.15) is 0 Å². The van der Waals surface area contributed by atoms with Gasteiger partial charge >= 0.3 is 0 Å². The highest BCUT2D eigenvalue weighted by Gasteiger charge is 2.12. The molecule has 0 saturated carbocycles. The standard InChI is InChI=1S/C26H54/c1-6-7-8-9-10-11-12-13-14-15-16-17-18-19-20-21-26(22-24(2)3)23-25(4)5/h24-26H,6-23H2,1-5H3. The van der Waals surface area contributed by atoms with Gasteiger partial charge in [-0.05, 0) is 30.6 Å². The lowest BCUT2D eigenvalue weighted by atomic mass is 9.85. The van der Waals surface area contributed by atoms with E-state index in [1.807, 2.05) is 0 Å². The van der Waals surface area contributed by atoms with E-state index >= 15 is 0 Å². The topological polar surface area (TPSA) is 0 Å². The molecule has 0 radical (unpaired) electrons. The van der Waals surface area contributed by atoms with Gasteiger partial charge in [-0.25, -0.2) is 0 Å². The molecule has 0 aliphatic heterocycles. The lowest BCUT2D eigenvalue weighted by Gasteiger charge is -2.21. The van der Waals surface area contributed by atoms with Gasteiger partial charge in [0.25, 0.3) is 0 Å². The summed E-state index contributed by atoms with van der Waals surface area (Å²) in [7, 11) is 0. The van der Waals surface area contributed by atoms with Crippen molar-refractivity contribution in [3.8, 4) is 0 Å². The molecule has 0 fully saturated rings. The molecule has 0 aromatic rings. The van der Waals surface area contributed by atoms with Gasteiger partial charge in [-0.2, -0.15) is 0 Å². The predicted octanol–water partition coefficient (Wildman–Crippen LogP) is 9.96. The van der Waals surface area contributed by atoms with Crippen molar-refractivity contribution in [3.63, 3.8) is 0 Å². The average molecular weight is 367 g/mol. The molecule has 0 rings (SSSR count). The number of unbranched alkanes of at least 4 members (excludes halogenated alkanes) is 14. The summed E-state index contributed by atoms with van der Waals surface area (Å²) in [4.78, 5) is 0. The molecule has 26 heavy (non-hydrogen) atoms. The summed E-state index contributed by atoms with van der Waals surface area (Å²) < 4.78 is 0. The van der Waals surface area contributed by atoms with Crippen molar-refractivity contribution in [1.82, 2.24) is 0 Å². The highest BCUT2D eigenvalue weighted by Crippen LogP contribution is 2.25. The predicted molar refractivity (Wildman–Crippen MR) is 122 cm³/mol. The molecule has 0 unspecified atom stereocenters. The van der Waals surface area contributed by atoms with Crippen molar-refractivity contribution in [2.75, 3.05) is 0 Å². The van der Waals surface area contributed by atoms with Crippen LogP contribution in [0.2, 0.25) is 0 Å². The molecule has 0 amide bonds. The molecule has 0 atom stereocenters. The van der Waals surface area contributed by atoms with Crippen LogP contribution in [0.15, 0.2) is 0 Å². The average Bonchev–Trinajstić information content (AvgIpc) is 2.57. The quantitative estimate of drug-likeness (QED) is 0.188. The van der Waals surface area contributed by atoms with E-state index in [9.17, 15) is 0 Å². The largest absolute Gasteiger partial charge is 0.0654 e. The second-order valence-corrected chi connectivity index (χ2v) is 9.86. The van der Waals surface area contributed by atoms with Crippen LogP contribution in [0.4, 0.5) is 0 Å². The Morgan fingerprint density at radius 1 is 0.423 bits per heavy atom. The molecule has 0 N–H and O–H groups in total. The molecular weight excluding hydrogens is 312 g/mol. The van der Waals surface area contributed by atoms with Crippen LogP contribution in [0.25, 0.3) is 0 Å². The molecule has 0 aromatic heterocycles. The Kier molecular flexibility index (Phi) is 19.8. The number of hydrogen-bond donors (Lipinski definition) is 0. The fraction of sp³-hybridized carbons (Fsp3) is 1.00. The van der Waals surface area contributed by atoms with Gasteiger partial charge in [-0.15, -0.1) is 0 Å². The van der Waals surface area contributed by atoms with Crippen LogP contribution in [0.3, 0.4) is 0 Å².